The molecule has 5 nitrogen and oxygen atoms in total. The van der Waals surface area contributed by atoms with Gasteiger partial charge in [0.25, 0.3) is 0 Å². The molecule has 114 valence electrons. The van der Waals surface area contributed by atoms with Gasteiger partial charge in [-0.1, -0.05) is 12.1 Å². The van der Waals surface area contributed by atoms with Crippen LogP contribution in [-0.4, -0.2) is 25.7 Å². The highest BCUT2D eigenvalue weighted by atomic mass is 79.9. The number of nitrogens with one attached hydrogen (secondary N) is 1. The van der Waals surface area contributed by atoms with Crippen molar-refractivity contribution in [1.29, 1.82) is 0 Å². The van der Waals surface area contributed by atoms with Crippen LogP contribution in [0.1, 0.15) is 12.7 Å². The third-order valence-electron chi connectivity index (χ3n) is 2.90. The summed E-state index contributed by atoms with van der Waals surface area (Å²) in [6.45, 7) is 1.44. The lowest BCUT2D eigenvalue weighted by Gasteiger charge is -2.22. The smallest absolute Gasteiger partial charge is 0.241 e. The van der Waals surface area contributed by atoms with Crippen LogP contribution >= 0.6 is 15.9 Å². The summed E-state index contributed by atoms with van der Waals surface area (Å²) in [5.41, 5.74) is -1.24. The van der Waals surface area contributed by atoms with Gasteiger partial charge in [-0.2, -0.15) is 0 Å². The number of benzene rings is 1. The first kappa shape index (κ1) is 16.2. The highest BCUT2D eigenvalue weighted by Crippen LogP contribution is 2.21. The summed E-state index contributed by atoms with van der Waals surface area (Å²) in [5.74, 6) is 0.597. The maximum atomic E-state index is 12.2. The molecule has 0 unspecified atom stereocenters. The number of sulfonamides is 1. The summed E-state index contributed by atoms with van der Waals surface area (Å²) in [7, 11) is -3.69. The van der Waals surface area contributed by atoms with Gasteiger partial charge < -0.3 is 9.52 Å². The van der Waals surface area contributed by atoms with Gasteiger partial charge in [0.1, 0.15) is 5.76 Å². The Bertz CT molecular complexity index is 696. The van der Waals surface area contributed by atoms with Crippen LogP contribution in [0, 0.1) is 0 Å². The Hall–Kier alpha value is -1.15. The molecular formula is C14H16BrNO4S. The van der Waals surface area contributed by atoms with E-state index in [9.17, 15) is 13.5 Å². The van der Waals surface area contributed by atoms with Crippen LogP contribution in [0.2, 0.25) is 0 Å². The molecule has 0 saturated carbocycles. The first-order valence-corrected chi connectivity index (χ1v) is 8.57. The van der Waals surface area contributed by atoms with E-state index >= 15 is 0 Å². The Kier molecular flexibility index (Phi) is 4.88. The summed E-state index contributed by atoms with van der Waals surface area (Å²) in [6, 6.07) is 9.97. The Balaban J connectivity index is 2.06. The van der Waals surface area contributed by atoms with Crippen molar-refractivity contribution in [2.75, 3.05) is 6.54 Å². The molecule has 0 aliphatic heterocycles. The highest BCUT2D eigenvalue weighted by Gasteiger charge is 2.26. The molecule has 2 N–H and O–H groups in total. The molecule has 0 spiro atoms. The lowest BCUT2D eigenvalue weighted by molar-refractivity contribution is 0.0603. The van der Waals surface area contributed by atoms with Crippen LogP contribution in [0.4, 0.5) is 0 Å². The van der Waals surface area contributed by atoms with Gasteiger partial charge in [0, 0.05) is 17.4 Å². The number of rotatable bonds is 6. The standard InChI is InChI=1S/C14H16BrNO4S/c1-14(17,9-11-5-4-8-20-11)10-16-21(18,19)13-7-3-2-6-12(13)15/h2-8,16-17H,9-10H2,1H3/t14-/m1/s1. The summed E-state index contributed by atoms with van der Waals surface area (Å²) in [4.78, 5) is 0.138. The molecule has 0 saturated heterocycles. The van der Waals surface area contributed by atoms with Gasteiger partial charge in [0.2, 0.25) is 10.0 Å². The van der Waals surface area contributed by atoms with Crippen molar-refractivity contribution in [3.63, 3.8) is 0 Å². The highest BCUT2D eigenvalue weighted by molar-refractivity contribution is 9.10. The number of hydrogen-bond acceptors (Lipinski definition) is 4. The molecule has 2 rings (SSSR count). The van der Waals surface area contributed by atoms with Crippen LogP contribution in [-0.2, 0) is 16.4 Å². The van der Waals surface area contributed by atoms with Crippen molar-refractivity contribution in [2.24, 2.45) is 0 Å². The Labute approximate surface area is 132 Å². The Morgan fingerprint density at radius 1 is 1.29 bits per heavy atom. The fourth-order valence-corrected chi connectivity index (χ4v) is 4.00. The molecule has 7 heteroatoms. The molecule has 0 radical (unpaired) electrons. The third-order valence-corrected chi connectivity index (χ3v) is 5.32. The fourth-order valence-electron chi connectivity index (χ4n) is 1.84. The monoisotopic (exact) mass is 373 g/mol. The lowest BCUT2D eigenvalue weighted by Crippen LogP contribution is -2.42. The quantitative estimate of drug-likeness (QED) is 0.813. The zero-order chi connectivity index (χ0) is 15.5. The Morgan fingerprint density at radius 3 is 2.62 bits per heavy atom. The summed E-state index contributed by atoms with van der Waals surface area (Å²) in [6.07, 6.45) is 1.73. The molecule has 0 aliphatic rings. The molecule has 1 aromatic carbocycles. The minimum absolute atomic E-state index is 0.114. The van der Waals surface area contributed by atoms with E-state index in [0.717, 1.165) is 0 Å². The zero-order valence-electron chi connectivity index (χ0n) is 11.4. The van der Waals surface area contributed by atoms with Crippen LogP contribution in [0.5, 0.6) is 0 Å². The normalized spacial score (nSPS) is 14.8. The van der Waals surface area contributed by atoms with Crippen molar-refractivity contribution >= 4 is 26.0 Å². The van der Waals surface area contributed by atoms with Gasteiger partial charge in [-0.05, 0) is 47.1 Å². The van der Waals surface area contributed by atoms with Crippen molar-refractivity contribution in [1.82, 2.24) is 4.72 Å². The molecular weight excluding hydrogens is 358 g/mol. The average Bonchev–Trinajstić information content (AvgIpc) is 2.89. The molecule has 1 aromatic heterocycles. The lowest BCUT2D eigenvalue weighted by atomic mass is 10.0. The molecule has 0 aliphatic carbocycles. The molecule has 2 aromatic rings. The molecule has 1 heterocycles. The van der Waals surface area contributed by atoms with Crippen molar-refractivity contribution in [3.8, 4) is 0 Å². The largest absolute Gasteiger partial charge is 0.469 e. The van der Waals surface area contributed by atoms with Gasteiger partial charge in [-0.25, -0.2) is 13.1 Å². The van der Waals surface area contributed by atoms with Crippen LogP contribution in [0.15, 0.2) is 56.4 Å². The SMILES string of the molecule is C[C@](O)(CNS(=O)(=O)c1ccccc1Br)Cc1ccco1. The van der Waals surface area contributed by atoms with E-state index in [0.29, 0.717) is 10.2 Å². The number of halogens is 1. The maximum Gasteiger partial charge on any atom is 0.241 e. The number of aliphatic hydroxyl groups is 1. The van der Waals surface area contributed by atoms with Gasteiger partial charge in [0.05, 0.1) is 16.8 Å². The minimum Gasteiger partial charge on any atom is -0.469 e. The predicted octanol–water partition coefficient (Wildman–Crippen LogP) is 2.31. The number of hydrogen-bond donors (Lipinski definition) is 2. The van der Waals surface area contributed by atoms with E-state index in [4.69, 9.17) is 4.42 Å². The van der Waals surface area contributed by atoms with E-state index in [1.807, 2.05) is 0 Å². The van der Waals surface area contributed by atoms with E-state index in [1.165, 1.54) is 12.3 Å². The van der Waals surface area contributed by atoms with Gasteiger partial charge in [0.15, 0.2) is 0 Å². The zero-order valence-corrected chi connectivity index (χ0v) is 13.8. The third kappa shape index (κ3) is 4.41. The van der Waals surface area contributed by atoms with Crippen LogP contribution in [0.25, 0.3) is 0 Å². The summed E-state index contributed by atoms with van der Waals surface area (Å²) in [5, 5.41) is 10.3. The fraction of sp³-hybridized carbons (Fsp3) is 0.286. The summed E-state index contributed by atoms with van der Waals surface area (Å²) < 4.78 is 32.5. The van der Waals surface area contributed by atoms with Gasteiger partial charge in [-0.15, -0.1) is 0 Å². The maximum absolute atomic E-state index is 12.2. The van der Waals surface area contributed by atoms with E-state index in [-0.39, 0.29) is 17.9 Å². The topological polar surface area (TPSA) is 79.5 Å². The first-order valence-electron chi connectivity index (χ1n) is 6.29. The molecule has 0 bridgehead atoms. The van der Waals surface area contributed by atoms with Crippen LogP contribution < -0.4 is 4.72 Å². The van der Waals surface area contributed by atoms with Crippen molar-refractivity contribution < 1.29 is 17.9 Å². The van der Waals surface area contributed by atoms with E-state index < -0.39 is 15.6 Å². The van der Waals surface area contributed by atoms with Crippen molar-refractivity contribution in [2.45, 2.75) is 23.8 Å². The molecule has 0 fully saturated rings. The van der Waals surface area contributed by atoms with E-state index in [2.05, 4.69) is 20.7 Å². The van der Waals surface area contributed by atoms with E-state index in [1.54, 1.807) is 37.3 Å². The minimum atomic E-state index is -3.69. The predicted molar refractivity (Wildman–Crippen MR) is 82.4 cm³/mol. The first-order chi connectivity index (χ1) is 9.80. The van der Waals surface area contributed by atoms with Crippen LogP contribution in [0.3, 0.4) is 0 Å². The Morgan fingerprint density at radius 2 is 2.00 bits per heavy atom. The number of furan rings is 1. The molecule has 0 amide bonds. The molecule has 1 atom stereocenters. The summed E-state index contributed by atoms with van der Waals surface area (Å²) >= 11 is 3.20. The van der Waals surface area contributed by atoms with Gasteiger partial charge >= 0.3 is 0 Å². The average molecular weight is 374 g/mol. The van der Waals surface area contributed by atoms with Gasteiger partial charge in [-0.3, -0.25) is 0 Å². The second kappa shape index (κ2) is 6.31. The second-order valence-electron chi connectivity index (χ2n) is 5.01. The second-order valence-corrected chi connectivity index (χ2v) is 7.60. The molecule has 21 heavy (non-hydrogen) atoms. The van der Waals surface area contributed by atoms with Crippen molar-refractivity contribution in [3.05, 3.63) is 52.9 Å².